The van der Waals surface area contributed by atoms with Gasteiger partial charge < -0.3 is 4.90 Å². The topological polar surface area (TPSA) is 55.2 Å². The predicted octanol–water partition coefficient (Wildman–Crippen LogP) is 3.45. The van der Waals surface area contributed by atoms with E-state index in [1.807, 2.05) is 24.3 Å². The second kappa shape index (κ2) is 7.15. The summed E-state index contributed by atoms with van der Waals surface area (Å²) in [4.78, 5) is 32.6. The van der Waals surface area contributed by atoms with Gasteiger partial charge in [0.15, 0.2) is 0 Å². The van der Waals surface area contributed by atoms with Crippen molar-refractivity contribution in [1.82, 2.24) is 9.55 Å². The number of hydrogen-bond donors (Lipinski definition) is 0. The smallest absolute Gasteiger partial charge is 0.261 e. The molecule has 0 spiro atoms. The Morgan fingerprint density at radius 2 is 2.11 bits per heavy atom. The van der Waals surface area contributed by atoms with Crippen molar-refractivity contribution in [1.29, 1.82) is 0 Å². The summed E-state index contributed by atoms with van der Waals surface area (Å²) in [7, 11) is 0. The fraction of sp³-hybridized carbons (Fsp3) is 0.250. The number of carbonyl (C=O) groups is 1. The van der Waals surface area contributed by atoms with E-state index < -0.39 is 5.82 Å². The lowest BCUT2D eigenvalue weighted by Gasteiger charge is -2.23. The fourth-order valence-electron chi connectivity index (χ4n) is 3.22. The van der Waals surface area contributed by atoms with Crippen molar-refractivity contribution in [3.05, 3.63) is 65.0 Å². The average Bonchev–Trinajstić information content (AvgIpc) is 2.82. The van der Waals surface area contributed by atoms with Gasteiger partial charge in [-0.15, -0.1) is 11.8 Å². The number of fused-ring (bicyclic) bond motifs is 2. The summed E-state index contributed by atoms with van der Waals surface area (Å²) in [5.74, 6) is -0.612. The molecular weight excluding hydrogens is 365 g/mol. The van der Waals surface area contributed by atoms with Crippen molar-refractivity contribution in [3.8, 4) is 0 Å². The highest BCUT2D eigenvalue weighted by atomic mass is 32.2. The second-order valence-corrected chi connectivity index (χ2v) is 8.05. The molecule has 1 aliphatic heterocycles. The molecule has 0 radical (unpaired) electrons. The highest BCUT2D eigenvalue weighted by Crippen LogP contribution is 2.37. The Morgan fingerprint density at radius 3 is 2.96 bits per heavy atom. The zero-order valence-electron chi connectivity index (χ0n) is 14.8. The summed E-state index contributed by atoms with van der Waals surface area (Å²) >= 11 is 1.76. The molecule has 0 saturated heterocycles. The fourth-order valence-corrected chi connectivity index (χ4v) is 4.33. The zero-order chi connectivity index (χ0) is 19.0. The predicted molar refractivity (Wildman–Crippen MR) is 105 cm³/mol. The molecule has 138 valence electrons. The van der Waals surface area contributed by atoms with E-state index in [0.717, 1.165) is 17.0 Å². The Hall–Kier alpha value is -2.67. The maximum atomic E-state index is 13.3. The number of anilines is 1. The number of para-hydroxylation sites is 1. The Labute approximate surface area is 159 Å². The average molecular weight is 383 g/mol. The molecule has 1 amide bonds. The summed E-state index contributed by atoms with van der Waals surface area (Å²) in [6.07, 6.45) is 2.18. The largest absolute Gasteiger partial charge is 0.310 e. The summed E-state index contributed by atoms with van der Waals surface area (Å²) < 4.78 is 14.6. The van der Waals surface area contributed by atoms with Crippen LogP contribution in [0, 0.1) is 5.82 Å². The van der Waals surface area contributed by atoms with Crippen LogP contribution in [0.25, 0.3) is 10.9 Å². The van der Waals surface area contributed by atoms with Crippen molar-refractivity contribution >= 4 is 34.3 Å². The number of thioether (sulfide) groups is 1. The number of rotatable bonds is 2. The molecule has 1 aromatic heterocycles. The van der Waals surface area contributed by atoms with E-state index in [-0.39, 0.29) is 23.5 Å². The first-order valence-electron chi connectivity index (χ1n) is 8.73. The Morgan fingerprint density at radius 1 is 1.30 bits per heavy atom. The van der Waals surface area contributed by atoms with Crippen molar-refractivity contribution in [3.63, 3.8) is 0 Å². The lowest BCUT2D eigenvalue weighted by molar-refractivity contribution is -0.119. The van der Waals surface area contributed by atoms with Gasteiger partial charge in [-0.25, -0.2) is 9.37 Å². The third-order valence-corrected chi connectivity index (χ3v) is 5.87. The van der Waals surface area contributed by atoms with Gasteiger partial charge in [0.05, 0.1) is 22.9 Å². The Kier molecular flexibility index (Phi) is 4.70. The van der Waals surface area contributed by atoms with E-state index in [2.05, 4.69) is 11.9 Å². The lowest BCUT2D eigenvalue weighted by Crippen LogP contribution is -2.37. The standard InChI is InChI=1S/C20H18FN3O2S/c1-13-8-9-24(17-4-2-3-5-18(17)27-13)19(25)11-23-12-22-16-10-14(21)6-7-15(16)20(23)26/h2-7,10,12-13H,8-9,11H2,1H3. The number of aromatic nitrogens is 2. The van der Waals surface area contributed by atoms with Crippen LogP contribution in [0.2, 0.25) is 0 Å². The molecule has 2 aromatic carbocycles. The van der Waals surface area contributed by atoms with E-state index >= 15 is 0 Å². The van der Waals surface area contributed by atoms with E-state index in [1.165, 1.54) is 29.1 Å². The molecule has 3 aromatic rings. The molecule has 0 aliphatic carbocycles. The third kappa shape index (κ3) is 3.47. The summed E-state index contributed by atoms with van der Waals surface area (Å²) in [6, 6.07) is 11.7. The third-order valence-electron chi connectivity index (χ3n) is 4.64. The van der Waals surface area contributed by atoms with Crippen molar-refractivity contribution in [2.75, 3.05) is 11.4 Å². The second-order valence-electron chi connectivity index (χ2n) is 6.57. The van der Waals surface area contributed by atoms with Crippen LogP contribution >= 0.6 is 11.8 Å². The van der Waals surface area contributed by atoms with Gasteiger partial charge in [-0.05, 0) is 30.7 Å². The van der Waals surface area contributed by atoms with Gasteiger partial charge in [-0.3, -0.25) is 14.2 Å². The number of nitrogens with zero attached hydrogens (tertiary/aromatic N) is 3. The minimum Gasteiger partial charge on any atom is -0.310 e. The molecule has 0 fully saturated rings. The molecule has 27 heavy (non-hydrogen) atoms. The number of carbonyl (C=O) groups excluding carboxylic acids is 1. The van der Waals surface area contributed by atoms with Crippen molar-refractivity contribution < 1.29 is 9.18 Å². The van der Waals surface area contributed by atoms with Gasteiger partial charge in [-0.2, -0.15) is 0 Å². The van der Waals surface area contributed by atoms with Crippen molar-refractivity contribution in [2.24, 2.45) is 0 Å². The van der Waals surface area contributed by atoms with Crippen LogP contribution in [-0.4, -0.2) is 27.3 Å². The summed E-state index contributed by atoms with van der Waals surface area (Å²) in [6.45, 7) is 2.64. The first-order valence-corrected chi connectivity index (χ1v) is 9.61. The molecule has 4 rings (SSSR count). The monoisotopic (exact) mass is 383 g/mol. The normalized spacial score (nSPS) is 16.8. The molecule has 7 heteroatoms. The Balaban J connectivity index is 1.66. The summed E-state index contributed by atoms with van der Waals surface area (Å²) in [5.41, 5.74) is 0.814. The molecule has 2 heterocycles. The molecule has 0 N–H and O–H groups in total. The molecule has 0 saturated carbocycles. The van der Waals surface area contributed by atoms with Gasteiger partial charge in [0.25, 0.3) is 5.56 Å². The van der Waals surface area contributed by atoms with Crippen LogP contribution in [-0.2, 0) is 11.3 Å². The van der Waals surface area contributed by atoms with E-state index in [1.54, 1.807) is 16.7 Å². The maximum Gasteiger partial charge on any atom is 0.261 e. The molecular formula is C20H18FN3O2S. The van der Waals surface area contributed by atoms with E-state index in [9.17, 15) is 14.0 Å². The van der Waals surface area contributed by atoms with Crippen LogP contribution in [0.3, 0.4) is 0 Å². The zero-order valence-corrected chi connectivity index (χ0v) is 15.6. The van der Waals surface area contributed by atoms with Crippen LogP contribution in [0.4, 0.5) is 10.1 Å². The molecule has 1 unspecified atom stereocenters. The first kappa shape index (κ1) is 17.7. The highest BCUT2D eigenvalue weighted by Gasteiger charge is 2.24. The number of amides is 1. The quantitative estimate of drug-likeness (QED) is 0.680. The first-order chi connectivity index (χ1) is 13.0. The molecule has 5 nitrogen and oxygen atoms in total. The number of halogens is 1. The maximum absolute atomic E-state index is 13.3. The minimum absolute atomic E-state index is 0.105. The number of benzene rings is 2. The lowest BCUT2D eigenvalue weighted by atomic mass is 10.2. The molecule has 1 aliphatic rings. The van der Waals surface area contributed by atoms with Gasteiger partial charge in [0, 0.05) is 22.8 Å². The van der Waals surface area contributed by atoms with Gasteiger partial charge in [-0.1, -0.05) is 19.1 Å². The molecule has 0 bridgehead atoms. The highest BCUT2D eigenvalue weighted by molar-refractivity contribution is 8.00. The van der Waals surface area contributed by atoms with Crippen molar-refractivity contribution in [2.45, 2.75) is 30.0 Å². The summed E-state index contributed by atoms with van der Waals surface area (Å²) in [5, 5.41) is 0.705. The van der Waals surface area contributed by atoms with Crippen LogP contribution in [0.5, 0.6) is 0 Å². The SMILES string of the molecule is CC1CCN(C(=O)Cn2cnc3cc(F)ccc3c2=O)c2ccccc2S1. The molecule has 1 atom stereocenters. The minimum atomic E-state index is -0.448. The van der Waals surface area contributed by atoms with Crippen LogP contribution in [0.1, 0.15) is 13.3 Å². The van der Waals surface area contributed by atoms with E-state index in [0.29, 0.717) is 17.2 Å². The van der Waals surface area contributed by atoms with Crippen LogP contribution < -0.4 is 10.5 Å². The van der Waals surface area contributed by atoms with Crippen LogP contribution in [0.15, 0.2) is 58.5 Å². The van der Waals surface area contributed by atoms with Gasteiger partial charge >= 0.3 is 0 Å². The van der Waals surface area contributed by atoms with Gasteiger partial charge in [0.1, 0.15) is 12.4 Å². The van der Waals surface area contributed by atoms with Gasteiger partial charge in [0.2, 0.25) is 5.91 Å². The van der Waals surface area contributed by atoms with E-state index in [4.69, 9.17) is 0 Å². The number of hydrogen-bond acceptors (Lipinski definition) is 4. The Bertz CT molecular complexity index is 1080.